The van der Waals surface area contributed by atoms with Crippen LogP contribution in [0.2, 0.25) is 0 Å². The predicted octanol–water partition coefficient (Wildman–Crippen LogP) is 3.48. The van der Waals surface area contributed by atoms with E-state index in [4.69, 9.17) is 0 Å². The number of fused-ring (bicyclic) bond motifs is 4. The zero-order valence-corrected chi connectivity index (χ0v) is 19.2. The van der Waals surface area contributed by atoms with Gasteiger partial charge in [0.1, 0.15) is 0 Å². The summed E-state index contributed by atoms with van der Waals surface area (Å²) in [4.78, 5) is 39.6. The van der Waals surface area contributed by atoms with Gasteiger partial charge < -0.3 is 0 Å². The van der Waals surface area contributed by atoms with Crippen LogP contribution in [0.5, 0.6) is 0 Å². The van der Waals surface area contributed by atoms with Crippen LogP contribution in [-0.4, -0.2) is 48.2 Å². The molecule has 5 rings (SSSR count). The van der Waals surface area contributed by atoms with Crippen molar-refractivity contribution >= 4 is 40.3 Å². The minimum Gasteiger partial charge on any atom is -0.276 e. The number of imide groups is 1. The highest BCUT2D eigenvalue weighted by Crippen LogP contribution is 2.25. The number of carbonyl (C=O) groups excluding carboxylic acids is 2. The van der Waals surface area contributed by atoms with Gasteiger partial charge in [-0.1, -0.05) is 49.9 Å². The first-order valence-electron chi connectivity index (χ1n) is 10.9. The number of aryl methyl sites for hydroxylation is 1. The Morgan fingerprint density at radius 1 is 0.879 bits per heavy atom. The first-order chi connectivity index (χ1) is 16.0. The summed E-state index contributed by atoms with van der Waals surface area (Å²) in [5.74, 6) is 0.874. The second-order valence-corrected chi connectivity index (χ2v) is 9.49. The van der Waals surface area contributed by atoms with E-state index in [0.717, 1.165) is 11.9 Å². The molecule has 8 nitrogen and oxygen atoms in total. The zero-order valence-electron chi connectivity index (χ0n) is 18.4. The largest absolute Gasteiger partial charge is 0.276 e. The van der Waals surface area contributed by atoms with E-state index in [1.54, 1.807) is 28.8 Å². The number of nitrogens with zero attached hydrogens (tertiary/aromatic N) is 5. The number of rotatable bonds is 7. The highest BCUT2D eigenvalue weighted by atomic mass is 32.2. The third-order valence-electron chi connectivity index (χ3n) is 5.83. The molecule has 2 amide bonds. The molecule has 0 saturated heterocycles. The maximum absolute atomic E-state index is 13.1. The molecule has 2 aromatic carbocycles. The topological polar surface area (TPSA) is 89.6 Å². The molecule has 168 valence electrons. The number of hydrogen-bond acceptors (Lipinski definition) is 6. The van der Waals surface area contributed by atoms with Gasteiger partial charge in [-0.15, -0.1) is 10.2 Å². The Bertz CT molecular complexity index is 1420. The van der Waals surface area contributed by atoms with Crippen LogP contribution >= 0.6 is 11.8 Å². The average Bonchev–Trinajstić information content (AvgIpc) is 3.34. The minimum absolute atomic E-state index is 0.0753. The van der Waals surface area contributed by atoms with Gasteiger partial charge in [-0.25, -0.2) is 0 Å². The van der Waals surface area contributed by atoms with Gasteiger partial charge in [-0.2, -0.15) is 0 Å². The van der Waals surface area contributed by atoms with E-state index in [-0.39, 0.29) is 23.9 Å². The summed E-state index contributed by atoms with van der Waals surface area (Å²) in [6, 6.07) is 14.3. The van der Waals surface area contributed by atoms with Crippen molar-refractivity contribution in [3.63, 3.8) is 0 Å². The monoisotopic (exact) mass is 461 g/mol. The number of benzene rings is 2. The van der Waals surface area contributed by atoms with Crippen molar-refractivity contribution in [2.24, 2.45) is 5.92 Å². The van der Waals surface area contributed by atoms with Gasteiger partial charge >= 0.3 is 0 Å². The molecular formula is C24H23N5O3S. The van der Waals surface area contributed by atoms with Crippen LogP contribution in [0.15, 0.2) is 58.5 Å². The van der Waals surface area contributed by atoms with Gasteiger partial charge in [0.2, 0.25) is 5.78 Å². The number of thioether (sulfide) groups is 1. The first-order valence-corrected chi connectivity index (χ1v) is 11.9. The van der Waals surface area contributed by atoms with E-state index in [1.807, 2.05) is 28.7 Å². The molecule has 0 bridgehead atoms. The summed E-state index contributed by atoms with van der Waals surface area (Å²) in [6.45, 7) is 5.06. The van der Waals surface area contributed by atoms with Gasteiger partial charge in [0.05, 0.1) is 22.0 Å². The van der Waals surface area contributed by atoms with Crippen molar-refractivity contribution in [2.45, 2.75) is 32.0 Å². The number of hydrogen-bond donors (Lipinski definition) is 0. The Kier molecular flexibility index (Phi) is 5.49. The van der Waals surface area contributed by atoms with E-state index in [1.165, 1.54) is 16.7 Å². The zero-order chi connectivity index (χ0) is 23.1. The van der Waals surface area contributed by atoms with E-state index in [0.29, 0.717) is 45.7 Å². The van der Waals surface area contributed by atoms with Crippen LogP contribution in [0.4, 0.5) is 0 Å². The minimum atomic E-state index is -0.268. The van der Waals surface area contributed by atoms with E-state index < -0.39 is 0 Å². The fourth-order valence-electron chi connectivity index (χ4n) is 4.09. The molecule has 1 aliphatic heterocycles. The predicted molar refractivity (Wildman–Crippen MR) is 127 cm³/mol. The van der Waals surface area contributed by atoms with Gasteiger partial charge in [-0.05, 0) is 36.6 Å². The van der Waals surface area contributed by atoms with Crippen molar-refractivity contribution in [3.05, 3.63) is 70.0 Å². The molecule has 3 heterocycles. The summed E-state index contributed by atoms with van der Waals surface area (Å²) in [5.41, 5.74) is 1.56. The highest BCUT2D eigenvalue weighted by molar-refractivity contribution is 7.99. The van der Waals surface area contributed by atoms with Crippen molar-refractivity contribution in [3.8, 4) is 0 Å². The second-order valence-electron chi connectivity index (χ2n) is 8.43. The summed E-state index contributed by atoms with van der Waals surface area (Å²) in [6.07, 6.45) is 0.850. The quantitative estimate of drug-likeness (QED) is 0.309. The van der Waals surface area contributed by atoms with E-state index in [2.05, 4.69) is 24.0 Å². The smallest absolute Gasteiger partial charge is 0.262 e. The molecule has 33 heavy (non-hydrogen) atoms. The van der Waals surface area contributed by atoms with Gasteiger partial charge in [0.15, 0.2) is 5.16 Å². The van der Waals surface area contributed by atoms with Gasteiger partial charge in [0.25, 0.3) is 17.4 Å². The number of carbonyl (C=O) groups is 2. The summed E-state index contributed by atoms with van der Waals surface area (Å²) >= 11 is 1.41. The summed E-state index contributed by atoms with van der Waals surface area (Å²) in [5, 5.41) is 9.90. The first kappa shape index (κ1) is 21.4. The molecule has 0 saturated carbocycles. The van der Waals surface area contributed by atoms with E-state index in [9.17, 15) is 14.4 Å². The number of amides is 2. The van der Waals surface area contributed by atoms with Crippen LogP contribution in [0, 0.1) is 5.92 Å². The van der Waals surface area contributed by atoms with Crippen molar-refractivity contribution < 1.29 is 9.59 Å². The van der Waals surface area contributed by atoms with Gasteiger partial charge in [0, 0.05) is 18.8 Å². The van der Waals surface area contributed by atoms with E-state index >= 15 is 0 Å². The van der Waals surface area contributed by atoms with Crippen LogP contribution in [0.25, 0.3) is 16.7 Å². The lowest BCUT2D eigenvalue weighted by Gasteiger charge is -2.14. The lowest BCUT2D eigenvalue weighted by molar-refractivity contribution is 0.0664. The second kappa shape index (κ2) is 8.47. The molecule has 2 aromatic heterocycles. The van der Waals surface area contributed by atoms with Crippen molar-refractivity contribution in [1.29, 1.82) is 0 Å². The standard InChI is InChI=1S/C24H23N5O3S/c1-15(2)11-12-28-22(32)18-9-5-6-10-19(18)29-23(28)25-26-24(29)33-14-13-27-20(30)16-7-3-4-8-17(16)21(27)31/h3-10,15H,11-14H2,1-2H3. The Balaban J connectivity index is 1.44. The van der Waals surface area contributed by atoms with Crippen LogP contribution in [0.1, 0.15) is 41.0 Å². The normalized spacial score (nSPS) is 13.6. The molecule has 0 radical (unpaired) electrons. The lowest BCUT2D eigenvalue weighted by atomic mass is 10.1. The third kappa shape index (κ3) is 3.62. The molecule has 1 aliphatic rings. The maximum Gasteiger partial charge on any atom is 0.262 e. The third-order valence-corrected chi connectivity index (χ3v) is 6.74. The Labute approximate surface area is 194 Å². The fourth-order valence-corrected chi connectivity index (χ4v) is 4.95. The number of para-hydroxylation sites is 1. The highest BCUT2D eigenvalue weighted by Gasteiger charge is 2.34. The molecule has 0 aliphatic carbocycles. The molecule has 0 N–H and O–H groups in total. The molecule has 4 aromatic rings. The van der Waals surface area contributed by atoms with Crippen LogP contribution in [0.3, 0.4) is 0 Å². The van der Waals surface area contributed by atoms with Crippen LogP contribution < -0.4 is 5.56 Å². The van der Waals surface area contributed by atoms with Gasteiger partial charge in [-0.3, -0.25) is 28.3 Å². The molecule has 0 atom stereocenters. The van der Waals surface area contributed by atoms with Crippen molar-refractivity contribution in [1.82, 2.24) is 24.1 Å². The molecular weight excluding hydrogens is 438 g/mol. The SMILES string of the molecule is CC(C)CCn1c(=O)c2ccccc2n2c(SCCN3C(=O)c4ccccc4C3=O)nnc12. The average molecular weight is 462 g/mol. The van der Waals surface area contributed by atoms with Crippen LogP contribution in [-0.2, 0) is 6.54 Å². The molecule has 9 heteroatoms. The maximum atomic E-state index is 13.1. The Morgan fingerprint density at radius 2 is 1.55 bits per heavy atom. The summed E-state index contributed by atoms with van der Waals surface area (Å²) in [7, 11) is 0. The fraction of sp³-hybridized carbons (Fsp3) is 0.292. The summed E-state index contributed by atoms with van der Waals surface area (Å²) < 4.78 is 3.58. The Hall–Kier alpha value is -3.46. The molecule has 0 spiro atoms. The molecule has 0 fully saturated rings. The number of aromatic nitrogens is 4. The lowest BCUT2D eigenvalue weighted by Crippen LogP contribution is -2.31. The van der Waals surface area contributed by atoms with Crippen molar-refractivity contribution in [2.75, 3.05) is 12.3 Å². The molecule has 0 unspecified atom stereocenters. The Morgan fingerprint density at radius 3 is 2.24 bits per heavy atom.